The second kappa shape index (κ2) is 10.8. The van der Waals surface area contributed by atoms with Crippen LogP contribution in [0.25, 0.3) is 0 Å². The highest BCUT2D eigenvalue weighted by Gasteiger charge is 2.30. The molecular weight excluding hydrogens is 409 g/mol. The largest absolute Gasteiger partial charge is 0.482 e. The normalized spacial score (nSPS) is 13.0. The average Bonchev–Trinajstić information content (AvgIpc) is 2.74. The maximum absolute atomic E-state index is 12.8. The van der Waals surface area contributed by atoms with Crippen LogP contribution in [0.5, 0.6) is 5.75 Å². The van der Waals surface area contributed by atoms with Crippen LogP contribution < -0.4 is 9.75 Å². The lowest BCUT2D eigenvalue weighted by Crippen LogP contribution is -2.20. The maximum atomic E-state index is 12.8. The van der Waals surface area contributed by atoms with Gasteiger partial charge in [0, 0.05) is 12.3 Å². The Morgan fingerprint density at radius 1 is 1.13 bits per heavy atom. The Morgan fingerprint density at radius 2 is 1.74 bits per heavy atom. The fourth-order valence-corrected chi connectivity index (χ4v) is 2.91. The number of benzene rings is 2. The molecule has 0 aliphatic rings. The van der Waals surface area contributed by atoms with Crippen LogP contribution in [0.15, 0.2) is 53.6 Å². The summed E-state index contributed by atoms with van der Waals surface area (Å²) in [6.07, 6.45) is -2.71. The molecule has 1 unspecified atom stereocenters. The van der Waals surface area contributed by atoms with E-state index in [4.69, 9.17) is 9.84 Å². The number of rotatable bonds is 10. The number of carboxylic acid groups (broad SMARTS) is 1. The van der Waals surface area contributed by atoms with E-state index in [2.05, 4.69) is 12.0 Å². The SMILES string of the molecule is CCN(/N=C(/C)C(C)CCc1ccc(OCC(=O)O)cc1)c1ccc(C(F)(F)F)cc1. The molecule has 0 bridgehead atoms. The van der Waals surface area contributed by atoms with Gasteiger partial charge in [-0.1, -0.05) is 19.1 Å². The molecule has 0 aliphatic heterocycles. The molecule has 2 aromatic rings. The summed E-state index contributed by atoms with van der Waals surface area (Å²) in [5.74, 6) is -0.344. The minimum Gasteiger partial charge on any atom is -0.482 e. The van der Waals surface area contributed by atoms with Crippen LogP contribution >= 0.6 is 0 Å². The minimum absolute atomic E-state index is 0.173. The lowest BCUT2D eigenvalue weighted by molar-refractivity contribution is -0.139. The van der Waals surface area contributed by atoms with Gasteiger partial charge in [0.25, 0.3) is 0 Å². The molecular formula is C23H27F3N2O3. The van der Waals surface area contributed by atoms with Crippen LogP contribution in [0.1, 0.15) is 38.3 Å². The molecule has 5 nitrogen and oxygen atoms in total. The molecule has 8 heteroatoms. The Balaban J connectivity index is 1.96. The number of carbonyl (C=O) groups is 1. The molecule has 168 valence electrons. The van der Waals surface area contributed by atoms with Gasteiger partial charge in [-0.3, -0.25) is 5.01 Å². The van der Waals surface area contributed by atoms with Crippen molar-refractivity contribution in [3.8, 4) is 5.75 Å². The van der Waals surface area contributed by atoms with E-state index in [0.717, 1.165) is 36.2 Å². The first-order valence-corrected chi connectivity index (χ1v) is 10.0. The van der Waals surface area contributed by atoms with E-state index in [0.29, 0.717) is 18.0 Å². The molecule has 0 radical (unpaired) electrons. The molecule has 0 aliphatic carbocycles. The maximum Gasteiger partial charge on any atom is 0.416 e. The minimum atomic E-state index is -4.36. The first-order chi connectivity index (χ1) is 14.6. The van der Waals surface area contributed by atoms with Gasteiger partial charge in [0.15, 0.2) is 6.61 Å². The molecule has 0 heterocycles. The van der Waals surface area contributed by atoms with Crippen LogP contribution in [0.2, 0.25) is 0 Å². The Bertz CT molecular complexity index is 878. The molecule has 0 spiro atoms. The fraction of sp³-hybridized carbons (Fsp3) is 0.391. The molecule has 31 heavy (non-hydrogen) atoms. The van der Waals surface area contributed by atoms with Gasteiger partial charge in [-0.05, 0) is 74.6 Å². The van der Waals surface area contributed by atoms with Gasteiger partial charge >= 0.3 is 12.1 Å². The predicted octanol–water partition coefficient (Wildman–Crippen LogP) is 5.64. The van der Waals surface area contributed by atoms with Gasteiger partial charge in [-0.25, -0.2) is 4.79 Å². The van der Waals surface area contributed by atoms with E-state index in [1.165, 1.54) is 12.1 Å². The lowest BCUT2D eigenvalue weighted by atomic mass is 9.97. The monoisotopic (exact) mass is 436 g/mol. The summed E-state index contributed by atoms with van der Waals surface area (Å²) in [5, 5.41) is 15.0. The number of hydrogen-bond donors (Lipinski definition) is 1. The summed E-state index contributed by atoms with van der Waals surface area (Å²) in [4.78, 5) is 10.5. The van der Waals surface area contributed by atoms with Crippen molar-refractivity contribution in [2.45, 2.75) is 39.8 Å². The molecule has 2 rings (SSSR count). The third kappa shape index (κ3) is 7.62. The summed E-state index contributed by atoms with van der Waals surface area (Å²) < 4.78 is 43.4. The van der Waals surface area contributed by atoms with Crippen molar-refractivity contribution < 1.29 is 27.8 Å². The van der Waals surface area contributed by atoms with Crippen molar-refractivity contribution in [2.75, 3.05) is 18.2 Å². The first-order valence-electron chi connectivity index (χ1n) is 10.0. The van der Waals surface area contributed by atoms with Crippen molar-refractivity contribution in [1.82, 2.24) is 0 Å². The molecule has 0 fully saturated rings. The van der Waals surface area contributed by atoms with Gasteiger partial charge in [-0.2, -0.15) is 18.3 Å². The number of ether oxygens (including phenoxy) is 1. The van der Waals surface area contributed by atoms with Gasteiger partial charge in [0.1, 0.15) is 5.75 Å². The van der Waals surface area contributed by atoms with Crippen molar-refractivity contribution in [3.05, 3.63) is 59.7 Å². The molecule has 1 atom stereocenters. The zero-order valence-corrected chi connectivity index (χ0v) is 17.8. The van der Waals surface area contributed by atoms with Crippen LogP contribution in [0.3, 0.4) is 0 Å². The van der Waals surface area contributed by atoms with Crippen molar-refractivity contribution in [1.29, 1.82) is 0 Å². The first kappa shape index (κ1) is 24.2. The molecule has 0 aromatic heterocycles. The van der Waals surface area contributed by atoms with E-state index in [1.54, 1.807) is 17.1 Å². The highest BCUT2D eigenvalue weighted by Crippen LogP contribution is 2.30. The van der Waals surface area contributed by atoms with E-state index < -0.39 is 17.7 Å². The highest BCUT2D eigenvalue weighted by molar-refractivity contribution is 5.85. The van der Waals surface area contributed by atoms with Crippen molar-refractivity contribution in [2.24, 2.45) is 11.0 Å². The Labute approximate surface area is 180 Å². The van der Waals surface area contributed by atoms with Crippen LogP contribution in [-0.4, -0.2) is 29.9 Å². The van der Waals surface area contributed by atoms with Crippen molar-refractivity contribution >= 4 is 17.4 Å². The summed E-state index contributed by atoms with van der Waals surface area (Å²) in [7, 11) is 0. The molecule has 1 N–H and O–H groups in total. The van der Waals surface area contributed by atoms with E-state index in [9.17, 15) is 18.0 Å². The second-order valence-electron chi connectivity index (χ2n) is 7.27. The van der Waals surface area contributed by atoms with Crippen LogP contribution in [0.4, 0.5) is 18.9 Å². The molecule has 2 aromatic carbocycles. The third-order valence-electron chi connectivity index (χ3n) is 4.94. The Hall–Kier alpha value is -3.03. The predicted molar refractivity (Wildman–Crippen MR) is 115 cm³/mol. The van der Waals surface area contributed by atoms with Crippen LogP contribution in [-0.2, 0) is 17.4 Å². The highest BCUT2D eigenvalue weighted by atomic mass is 19.4. The number of anilines is 1. The second-order valence-corrected chi connectivity index (χ2v) is 7.27. The molecule has 0 amide bonds. The quantitative estimate of drug-likeness (QED) is 0.387. The van der Waals surface area contributed by atoms with Crippen molar-refractivity contribution in [3.63, 3.8) is 0 Å². The van der Waals surface area contributed by atoms with Gasteiger partial charge in [-0.15, -0.1) is 0 Å². The fourth-order valence-electron chi connectivity index (χ4n) is 2.91. The van der Waals surface area contributed by atoms with E-state index >= 15 is 0 Å². The zero-order valence-electron chi connectivity index (χ0n) is 17.8. The summed E-state index contributed by atoms with van der Waals surface area (Å²) >= 11 is 0. The standard InChI is InChI=1S/C23H27F3N2O3/c1-4-28(20-11-9-19(10-12-20)23(24,25)26)27-17(3)16(2)5-6-18-7-13-21(14-8-18)31-15-22(29)30/h7-14,16H,4-6,15H2,1-3H3,(H,29,30)/b27-17-. The van der Waals surface area contributed by atoms with Gasteiger partial charge in [0.05, 0.1) is 11.3 Å². The lowest BCUT2D eigenvalue weighted by Gasteiger charge is -2.21. The molecule has 0 saturated carbocycles. The van der Waals surface area contributed by atoms with E-state index in [-0.39, 0.29) is 12.5 Å². The summed E-state index contributed by atoms with van der Waals surface area (Å²) in [6, 6.07) is 12.3. The van der Waals surface area contributed by atoms with Gasteiger partial charge in [0.2, 0.25) is 0 Å². The zero-order chi connectivity index (χ0) is 23.0. The number of aliphatic carboxylic acids is 1. The Morgan fingerprint density at radius 3 is 2.26 bits per heavy atom. The number of halogens is 3. The number of alkyl halides is 3. The van der Waals surface area contributed by atoms with Gasteiger partial charge < -0.3 is 9.84 Å². The summed E-state index contributed by atoms with van der Waals surface area (Å²) in [5.41, 5.74) is 1.92. The Kier molecular flexibility index (Phi) is 8.47. The van der Waals surface area contributed by atoms with E-state index in [1.807, 2.05) is 26.0 Å². The average molecular weight is 436 g/mol. The number of carboxylic acids is 1. The number of hydrogen-bond acceptors (Lipinski definition) is 4. The number of hydrazone groups is 1. The topological polar surface area (TPSA) is 62.1 Å². The summed E-state index contributed by atoms with van der Waals surface area (Å²) in [6.45, 7) is 6.03. The third-order valence-corrected chi connectivity index (χ3v) is 4.94. The molecule has 0 saturated heterocycles. The number of aryl methyl sites for hydroxylation is 1. The number of nitrogens with zero attached hydrogens (tertiary/aromatic N) is 2. The van der Waals surface area contributed by atoms with Crippen LogP contribution in [0, 0.1) is 5.92 Å². The smallest absolute Gasteiger partial charge is 0.416 e.